The number of carbonyl (C=O) groups is 4. The molecule has 1 unspecified atom stereocenters. The van der Waals surface area contributed by atoms with E-state index in [4.69, 9.17) is 14.2 Å². The molecule has 1 aromatic carbocycles. The third-order valence-electron chi connectivity index (χ3n) is 11.0. The van der Waals surface area contributed by atoms with E-state index in [9.17, 15) is 19.2 Å². The lowest BCUT2D eigenvalue weighted by Gasteiger charge is -2.48. The van der Waals surface area contributed by atoms with Crippen LogP contribution in [0.5, 0.6) is 17.2 Å². The predicted octanol–water partition coefficient (Wildman–Crippen LogP) is 7.44. The van der Waals surface area contributed by atoms with E-state index < -0.39 is 33.5 Å². The first-order chi connectivity index (χ1) is 21.9. The molecule has 5 rings (SSSR count). The summed E-state index contributed by atoms with van der Waals surface area (Å²) >= 11 is 0. The van der Waals surface area contributed by atoms with Gasteiger partial charge in [0.05, 0.1) is 28.3 Å². The highest BCUT2D eigenvalue weighted by Crippen LogP contribution is 2.63. The van der Waals surface area contributed by atoms with Gasteiger partial charge in [0.1, 0.15) is 28.8 Å². The van der Waals surface area contributed by atoms with Crippen molar-refractivity contribution < 1.29 is 33.4 Å². The SMILES string of the molecule is CC(COc1cc2c(c3c1[C@H](C(C)C)C1=C(O3)C(C)(C)C(=O)C(C)(C)C1=O)[C@@H](C(C)C)C1=C(O2)C(C)(C)C(=O)C(C)(C)C1=O)CN(C)C. The monoisotopic (exact) mass is 661 g/mol. The fraction of sp³-hybridized carbons (Fsp3) is 0.650. The average Bonchev–Trinajstić information content (AvgIpc) is 2.98. The van der Waals surface area contributed by atoms with Crippen LogP contribution in [0.25, 0.3) is 0 Å². The summed E-state index contributed by atoms with van der Waals surface area (Å²) in [5.74, 6) is 0.470. The van der Waals surface area contributed by atoms with Crippen LogP contribution >= 0.6 is 0 Å². The van der Waals surface area contributed by atoms with E-state index in [0.29, 0.717) is 52.1 Å². The minimum absolute atomic E-state index is 0.0652. The lowest BCUT2D eigenvalue weighted by molar-refractivity contribution is -0.146. The quantitative estimate of drug-likeness (QED) is 0.278. The smallest absolute Gasteiger partial charge is 0.175 e. The number of ketones is 4. The standard InChI is InChI=1S/C40H55NO7/c1-19(2)24-26-22(46-18-21(5)17-41(14)15)16-23-27(30(26)48-34-29(24)32(43)38(8,9)36(45)40(34,12)13)25(20(3)4)28-31(42)37(6,7)35(44)39(10,11)33(28)47-23/h16,19-21,24-25H,17-18H2,1-15H3/t21?,24-,25+/m0/s1. The van der Waals surface area contributed by atoms with Gasteiger partial charge in [0.2, 0.25) is 0 Å². The summed E-state index contributed by atoms with van der Waals surface area (Å²) in [6, 6.07) is 1.87. The minimum atomic E-state index is -1.24. The van der Waals surface area contributed by atoms with Crippen molar-refractivity contribution in [2.45, 2.75) is 102 Å². The zero-order valence-corrected chi connectivity index (χ0v) is 31.7. The van der Waals surface area contributed by atoms with Gasteiger partial charge in [-0.25, -0.2) is 0 Å². The third kappa shape index (κ3) is 5.02. The molecule has 0 amide bonds. The highest BCUT2D eigenvalue weighted by molar-refractivity contribution is 6.21. The molecule has 262 valence electrons. The molecule has 2 aliphatic heterocycles. The molecule has 8 heteroatoms. The summed E-state index contributed by atoms with van der Waals surface area (Å²) in [5, 5.41) is 0. The number of carbonyl (C=O) groups excluding carboxylic acids is 4. The number of hydrogen-bond acceptors (Lipinski definition) is 8. The number of ether oxygens (including phenoxy) is 3. The Kier molecular flexibility index (Phi) is 8.55. The molecule has 0 fully saturated rings. The van der Waals surface area contributed by atoms with Gasteiger partial charge in [-0.3, -0.25) is 19.2 Å². The van der Waals surface area contributed by atoms with Crippen LogP contribution in [0, 0.1) is 39.4 Å². The Morgan fingerprint density at radius 3 is 1.56 bits per heavy atom. The molecule has 0 aromatic heterocycles. The topological polar surface area (TPSA) is 99.2 Å². The number of allylic oxidation sites excluding steroid dienone is 4. The van der Waals surface area contributed by atoms with Gasteiger partial charge in [-0.05, 0) is 81.3 Å². The van der Waals surface area contributed by atoms with Crippen molar-refractivity contribution in [2.75, 3.05) is 27.2 Å². The van der Waals surface area contributed by atoms with E-state index in [1.54, 1.807) is 27.7 Å². The molecular formula is C40H55NO7. The second kappa shape index (κ2) is 11.4. The third-order valence-corrected chi connectivity index (χ3v) is 11.0. The molecule has 0 radical (unpaired) electrons. The van der Waals surface area contributed by atoms with Crippen molar-refractivity contribution in [3.63, 3.8) is 0 Å². The Morgan fingerprint density at radius 2 is 1.12 bits per heavy atom. The fourth-order valence-electron chi connectivity index (χ4n) is 8.75. The second-order valence-corrected chi connectivity index (χ2v) is 17.7. The molecule has 0 saturated carbocycles. The molecule has 0 saturated heterocycles. The summed E-state index contributed by atoms with van der Waals surface area (Å²) in [6.07, 6.45) is 0. The maximum atomic E-state index is 14.4. The van der Waals surface area contributed by atoms with Crippen LogP contribution in [0.15, 0.2) is 28.7 Å². The number of rotatable bonds is 7. The zero-order chi connectivity index (χ0) is 36.2. The Labute approximate surface area is 286 Å². The van der Waals surface area contributed by atoms with Crippen molar-refractivity contribution in [1.82, 2.24) is 4.90 Å². The molecule has 2 heterocycles. The molecule has 48 heavy (non-hydrogen) atoms. The maximum Gasteiger partial charge on any atom is 0.175 e. The summed E-state index contributed by atoms with van der Waals surface area (Å²) in [5.41, 5.74) is -2.18. The van der Waals surface area contributed by atoms with Gasteiger partial charge in [0.25, 0.3) is 0 Å². The van der Waals surface area contributed by atoms with Crippen molar-refractivity contribution in [2.24, 2.45) is 39.4 Å². The molecule has 8 nitrogen and oxygen atoms in total. The maximum absolute atomic E-state index is 14.4. The molecule has 2 aliphatic carbocycles. The van der Waals surface area contributed by atoms with Crippen LogP contribution in [-0.2, 0) is 19.2 Å². The van der Waals surface area contributed by atoms with Gasteiger partial charge in [-0.15, -0.1) is 0 Å². The Hall–Kier alpha value is -3.26. The Morgan fingerprint density at radius 1 is 0.688 bits per heavy atom. The molecule has 4 aliphatic rings. The van der Waals surface area contributed by atoms with Gasteiger partial charge in [-0.1, -0.05) is 34.6 Å². The van der Waals surface area contributed by atoms with E-state index in [-0.39, 0.29) is 40.9 Å². The van der Waals surface area contributed by atoms with E-state index in [0.717, 1.165) is 12.1 Å². The van der Waals surface area contributed by atoms with Crippen LogP contribution in [0.4, 0.5) is 0 Å². The number of benzene rings is 1. The first kappa shape index (κ1) is 36.0. The number of fused-ring (bicyclic) bond motifs is 3. The van der Waals surface area contributed by atoms with Crippen LogP contribution in [0.3, 0.4) is 0 Å². The summed E-state index contributed by atoms with van der Waals surface area (Å²) < 4.78 is 20.4. The minimum Gasteiger partial charge on any atom is -0.493 e. The van der Waals surface area contributed by atoms with E-state index in [1.807, 2.05) is 47.9 Å². The summed E-state index contributed by atoms with van der Waals surface area (Å²) in [4.78, 5) is 58.5. The first-order valence-electron chi connectivity index (χ1n) is 17.4. The molecular weight excluding hydrogens is 606 g/mol. The van der Waals surface area contributed by atoms with E-state index >= 15 is 0 Å². The molecule has 0 N–H and O–H groups in total. The van der Waals surface area contributed by atoms with Gasteiger partial charge in [-0.2, -0.15) is 0 Å². The van der Waals surface area contributed by atoms with Crippen molar-refractivity contribution >= 4 is 23.1 Å². The molecule has 0 spiro atoms. The highest BCUT2D eigenvalue weighted by Gasteiger charge is 2.61. The van der Waals surface area contributed by atoms with Gasteiger partial charge < -0.3 is 19.1 Å². The molecule has 1 aromatic rings. The van der Waals surface area contributed by atoms with E-state index in [1.165, 1.54) is 0 Å². The van der Waals surface area contributed by atoms with Crippen LogP contribution in [-0.4, -0.2) is 55.3 Å². The predicted molar refractivity (Wildman–Crippen MR) is 185 cm³/mol. The van der Waals surface area contributed by atoms with Crippen LogP contribution < -0.4 is 14.2 Å². The van der Waals surface area contributed by atoms with Crippen LogP contribution in [0.2, 0.25) is 0 Å². The first-order valence-corrected chi connectivity index (χ1v) is 17.4. The van der Waals surface area contributed by atoms with Crippen molar-refractivity contribution in [3.05, 3.63) is 39.9 Å². The Bertz CT molecular complexity index is 1680. The summed E-state index contributed by atoms with van der Waals surface area (Å²) in [6.45, 7) is 25.7. The summed E-state index contributed by atoms with van der Waals surface area (Å²) in [7, 11) is 4.04. The normalized spacial score (nSPS) is 25.8. The zero-order valence-electron chi connectivity index (χ0n) is 31.7. The van der Waals surface area contributed by atoms with E-state index in [2.05, 4.69) is 39.5 Å². The molecule has 0 bridgehead atoms. The van der Waals surface area contributed by atoms with Gasteiger partial charge in [0, 0.05) is 52.6 Å². The van der Waals surface area contributed by atoms with Crippen molar-refractivity contribution in [1.29, 1.82) is 0 Å². The average molecular weight is 662 g/mol. The highest BCUT2D eigenvalue weighted by atomic mass is 16.5. The van der Waals surface area contributed by atoms with Crippen LogP contribution in [0.1, 0.15) is 113 Å². The lowest BCUT2D eigenvalue weighted by Crippen LogP contribution is -2.53. The number of hydrogen-bond donors (Lipinski definition) is 0. The Balaban J connectivity index is 1.86. The van der Waals surface area contributed by atoms with Gasteiger partial charge in [0.15, 0.2) is 23.1 Å². The van der Waals surface area contributed by atoms with Crippen molar-refractivity contribution in [3.8, 4) is 17.2 Å². The lowest BCUT2D eigenvalue weighted by atomic mass is 9.58. The second-order valence-electron chi connectivity index (χ2n) is 17.7. The number of nitrogens with zero attached hydrogens (tertiary/aromatic N) is 1. The largest absolute Gasteiger partial charge is 0.493 e. The van der Waals surface area contributed by atoms with Gasteiger partial charge >= 0.3 is 0 Å². The molecule has 3 atom stereocenters. The fourth-order valence-corrected chi connectivity index (χ4v) is 8.75. The number of Topliss-reactive ketones (excluding diaryl/α,β-unsaturated/α-hetero) is 4.